The molecule has 1 aromatic carbocycles. The van der Waals surface area contributed by atoms with E-state index in [2.05, 4.69) is 25.8 Å². The van der Waals surface area contributed by atoms with Gasteiger partial charge in [-0.3, -0.25) is 14.9 Å². The van der Waals surface area contributed by atoms with Gasteiger partial charge < -0.3 is 15.4 Å². The molecule has 144 valence electrons. The van der Waals surface area contributed by atoms with Crippen molar-refractivity contribution in [3.63, 3.8) is 0 Å². The highest BCUT2D eigenvalue weighted by Gasteiger charge is 2.22. The predicted molar refractivity (Wildman–Crippen MR) is 105 cm³/mol. The Hall–Kier alpha value is -3.19. The molecule has 3 N–H and O–H groups in total. The maximum atomic E-state index is 12.7. The molecule has 3 heterocycles. The summed E-state index contributed by atoms with van der Waals surface area (Å²) >= 11 is 0. The minimum absolute atomic E-state index is 0.171. The number of fused-ring (bicyclic) bond motifs is 1. The second-order valence-corrected chi connectivity index (χ2v) is 6.83. The fourth-order valence-electron chi connectivity index (χ4n) is 3.28. The first kappa shape index (κ1) is 18.2. The maximum absolute atomic E-state index is 12.7. The molecule has 2 aromatic heterocycles. The zero-order valence-electron chi connectivity index (χ0n) is 15.7. The zero-order chi connectivity index (χ0) is 19.3. The summed E-state index contributed by atoms with van der Waals surface area (Å²) in [6, 6.07) is 13.3. The topological polar surface area (TPSA) is 91.9 Å². The van der Waals surface area contributed by atoms with E-state index in [0.717, 1.165) is 41.2 Å². The smallest absolute Gasteiger partial charge is 0.272 e. The number of ether oxygens (including phenoxy) is 1. The van der Waals surface area contributed by atoms with Gasteiger partial charge in [0.25, 0.3) is 5.91 Å². The van der Waals surface area contributed by atoms with E-state index in [1.807, 2.05) is 49.4 Å². The third kappa shape index (κ3) is 4.04. The lowest BCUT2D eigenvalue weighted by molar-refractivity contribution is 0.0933. The van der Waals surface area contributed by atoms with Crippen molar-refractivity contribution in [1.29, 1.82) is 0 Å². The van der Waals surface area contributed by atoms with E-state index in [4.69, 9.17) is 4.74 Å². The monoisotopic (exact) mass is 377 g/mol. The van der Waals surface area contributed by atoms with Gasteiger partial charge in [-0.25, -0.2) is 0 Å². The van der Waals surface area contributed by atoms with Crippen LogP contribution in [0.15, 0.2) is 48.7 Å². The molecule has 0 spiro atoms. The Kier molecular flexibility index (Phi) is 5.34. The molecule has 0 aliphatic carbocycles. The number of nitrogens with one attached hydrogen (secondary N) is 3. The number of carbonyl (C=O) groups is 1. The molecule has 4 rings (SSSR count). The third-order valence-corrected chi connectivity index (χ3v) is 4.84. The molecule has 1 aliphatic heterocycles. The molecule has 1 unspecified atom stereocenters. The number of rotatable bonds is 6. The van der Waals surface area contributed by atoms with Gasteiger partial charge in [0.1, 0.15) is 12.4 Å². The first-order chi connectivity index (χ1) is 13.7. The summed E-state index contributed by atoms with van der Waals surface area (Å²) in [6.07, 6.45) is 2.61. The van der Waals surface area contributed by atoms with Crippen LogP contribution >= 0.6 is 0 Å². The number of nitrogens with zero attached hydrogens (tertiary/aromatic N) is 2. The molecule has 7 nitrogen and oxygen atoms in total. The highest BCUT2D eigenvalue weighted by Crippen LogP contribution is 2.21. The molecule has 1 atom stereocenters. The summed E-state index contributed by atoms with van der Waals surface area (Å²) in [6.45, 7) is 3.92. The largest absolute Gasteiger partial charge is 0.487 e. The summed E-state index contributed by atoms with van der Waals surface area (Å²) in [5.41, 5.74) is 4.31. The van der Waals surface area contributed by atoms with Crippen molar-refractivity contribution in [2.75, 3.05) is 6.54 Å². The fourth-order valence-corrected chi connectivity index (χ4v) is 3.28. The van der Waals surface area contributed by atoms with Crippen LogP contribution in [0.2, 0.25) is 0 Å². The average molecular weight is 377 g/mol. The molecule has 28 heavy (non-hydrogen) atoms. The lowest BCUT2D eigenvalue weighted by Crippen LogP contribution is -2.30. The Morgan fingerprint density at radius 1 is 1.29 bits per heavy atom. The van der Waals surface area contributed by atoms with Crippen LogP contribution in [0, 0.1) is 0 Å². The minimum atomic E-state index is -0.173. The highest BCUT2D eigenvalue weighted by molar-refractivity contribution is 5.94. The van der Waals surface area contributed by atoms with Crippen LogP contribution in [0.5, 0.6) is 5.75 Å². The number of pyridine rings is 1. The number of hydrogen-bond acceptors (Lipinski definition) is 5. The van der Waals surface area contributed by atoms with Crippen molar-refractivity contribution in [3.05, 3.63) is 76.9 Å². The molecule has 3 aromatic rings. The predicted octanol–water partition coefficient (Wildman–Crippen LogP) is 2.52. The Labute approximate surface area is 163 Å². The molecular formula is C21H23N5O2. The van der Waals surface area contributed by atoms with Crippen LogP contribution in [-0.4, -0.2) is 27.6 Å². The van der Waals surface area contributed by atoms with E-state index in [0.29, 0.717) is 18.8 Å². The van der Waals surface area contributed by atoms with Crippen LogP contribution in [0.3, 0.4) is 0 Å². The molecule has 7 heteroatoms. The first-order valence-electron chi connectivity index (χ1n) is 9.41. The van der Waals surface area contributed by atoms with E-state index in [1.54, 1.807) is 6.20 Å². The van der Waals surface area contributed by atoms with E-state index < -0.39 is 0 Å². The normalized spacial score (nSPS) is 14.2. The number of hydrogen-bond donors (Lipinski definition) is 3. The van der Waals surface area contributed by atoms with Crippen LogP contribution in [-0.2, 0) is 19.6 Å². The Balaban J connectivity index is 1.41. The Morgan fingerprint density at radius 3 is 3.07 bits per heavy atom. The summed E-state index contributed by atoms with van der Waals surface area (Å²) < 4.78 is 5.83. The molecule has 0 radical (unpaired) electrons. The average Bonchev–Trinajstić information content (AvgIpc) is 3.17. The van der Waals surface area contributed by atoms with E-state index in [-0.39, 0.29) is 11.9 Å². The fraction of sp³-hybridized carbons (Fsp3) is 0.286. The number of benzene rings is 1. The second-order valence-electron chi connectivity index (χ2n) is 6.83. The minimum Gasteiger partial charge on any atom is -0.487 e. The van der Waals surface area contributed by atoms with Crippen LogP contribution in [0.4, 0.5) is 0 Å². The Bertz CT molecular complexity index is 954. The molecule has 0 saturated carbocycles. The SMILES string of the molecule is CC(NC(=O)c1n[nH]c2c1CNCC2)c1cccc(OCc2ccccn2)c1. The van der Waals surface area contributed by atoms with Crippen molar-refractivity contribution in [2.45, 2.75) is 32.5 Å². The van der Waals surface area contributed by atoms with Gasteiger partial charge in [-0.2, -0.15) is 5.10 Å². The summed E-state index contributed by atoms with van der Waals surface area (Å²) in [7, 11) is 0. The van der Waals surface area contributed by atoms with Gasteiger partial charge in [-0.1, -0.05) is 18.2 Å². The van der Waals surface area contributed by atoms with Crippen molar-refractivity contribution in [2.24, 2.45) is 0 Å². The molecule has 0 fully saturated rings. The van der Waals surface area contributed by atoms with Gasteiger partial charge in [-0.05, 0) is 36.8 Å². The van der Waals surface area contributed by atoms with Gasteiger partial charge in [0.15, 0.2) is 5.69 Å². The van der Waals surface area contributed by atoms with E-state index in [9.17, 15) is 4.79 Å². The standard InChI is InChI=1S/C21H23N5O2/c1-14(24-21(27)20-18-12-22-10-8-19(18)25-26-20)15-5-4-7-17(11-15)28-13-16-6-2-3-9-23-16/h2-7,9,11,14,22H,8,10,12-13H2,1H3,(H,24,27)(H,25,26). The molecular weight excluding hydrogens is 354 g/mol. The lowest BCUT2D eigenvalue weighted by atomic mass is 10.1. The van der Waals surface area contributed by atoms with Gasteiger partial charge >= 0.3 is 0 Å². The van der Waals surface area contributed by atoms with Crippen molar-refractivity contribution in [1.82, 2.24) is 25.8 Å². The van der Waals surface area contributed by atoms with Crippen molar-refractivity contribution < 1.29 is 9.53 Å². The number of amides is 1. The molecule has 0 bridgehead atoms. The van der Waals surface area contributed by atoms with Gasteiger partial charge in [0, 0.05) is 37.0 Å². The van der Waals surface area contributed by atoms with E-state index in [1.165, 1.54) is 0 Å². The van der Waals surface area contributed by atoms with Crippen molar-refractivity contribution in [3.8, 4) is 5.75 Å². The Morgan fingerprint density at radius 2 is 2.21 bits per heavy atom. The summed E-state index contributed by atoms with van der Waals surface area (Å²) in [5, 5.41) is 13.5. The van der Waals surface area contributed by atoms with Gasteiger partial charge in [0.2, 0.25) is 0 Å². The summed E-state index contributed by atoms with van der Waals surface area (Å²) in [5.74, 6) is 0.569. The van der Waals surface area contributed by atoms with Crippen molar-refractivity contribution >= 4 is 5.91 Å². The third-order valence-electron chi connectivity index (χ3n) is 4.84. The lowest BCUT2D eigenvalue weighted by Gasteiger charge is -2.16. The quantitative estimate of drug-likeness (QED) is 0.614. The van der Waals surface area contributed by atoms with Crippen LogP contribution in [0.25, 0.3) is 0 Å². The maximum Gasteiger partial charge on any atom is 0.272 e. The number of aromatic amines is 1. The van der Waals surface area contributed by atoms with Gasteiger partial charge in [0.05, 0.1) is 11.7 Å². The zero-order valence-corrected chi connectivity index (χ0v) is 15.7. The molecule has 0 saturated heterocycles. The van der Waals surface area contributed by atoms with Gasteiger partial charge in [-0.15, -0.1) is 0 Å². The molecule has 1 amide bonds. The summed E-state index contributed by atoms with van der Waals surface area (Å²) in [4.78, 5) is 17.0. The first-order valence-corrected chi connectivity index (χ1v) is 9.41. The second kappa shape index (κ2) is 8.22. The van der Waals surface area contributed by atoms with Crippen LogP contribution in [0.1, 0.15) is 46.0 Å². The molecule has 1 aliphatic rings. The van der Waals surface area contributed by atoms with E-state index >= 15 is 0 Å². The number of aromatic nitrogens is 3. The number of carbonyl (C=O) groups excluding carboxylic acids is 1. The van der Waals surface area contributed by atoms with Crippen LogP contribution < -0.4 is 15.4 Å². The number of H-pyrrole nitrogens is 1. The highest BCUT2D eigenvalue weighted by atomic mass is 16.5.